The molecule has 0 aromatic rings. The fourth-order valence-electron chi connectivity index (χ4n) is 1.68. The molecule has 0 aromatic heterocycles. The van der Waals surface area contributed by atoms with Gasteiger partial charge in [0.15, 0.2) is 6.29 Å². The van der Waals surface area contributed by atoms with Crippen LogP contribution in [0.15, 0.2) is 0 Å². The van der Waals surface area contributed by atoms with Crippen molar-refractivity contribution in [3.63, 3.8) is 0 Å². The zero-order valence-electron chi connectivity index (χ0n) is 9.08. The highest BCUT2D eigenvalue weighted by atomic mass is 16.7. The van der Waals surface area contributed by atoms with Crippen LogP contribution in [-0.2, 0) is 14.3 Å². The lowest BCUT2D eigenvalue weighted by molar-refractivity contribution is -0.247. The Bertz CT molecular complexity index is 235. The molecule has 6 nitrogen and oxygen atoms in total. The van der Waals surface area contributed by atoms with Gasteiger partial charge in [0.25, 0.3) is 0 Å². The van der Waals surface area contributed by atoms with Crippen molar-refractivity contribution in [3.05, 3.63) is 0 Å². The molecule has 1 saturated heterocycles. The molecule has 0 aliphatic carbocycles. The summed E-state index contributed by atoms with van der Waals surface area (Å²) in [7, 11) is 2.92. The van der Waals surface area contributed by atoms with E-state index in [4.69, 9.17) is 9.47 Å². The van der Waals surface area contributed by atoms with Gasteiger partial charge < -0.3 is 24.6 Å². The van der Waals surface area contributed by atoms with Gasteiger partial charge in [0.2, 0.25) is 5.91 Å². The maximum absolute atomic E-state index is 11.2. The highest BCUT2D eigenvalue weighted by molar-refractivity contribution is 5.73. The van der Waals surface area contributed by atoms with E-state index in [1.165, 1.54) is 26.0 Å². The first-order valence-corrected chi connectivity index (χ1v) is 4.73. The van der Waals surface area contributed by atoms with E-state index in [2.05, 4.69) is 0 Å². The molecule has 6 heteroatoms. The van der Waals surface area contributed by atoms with Gasteiger partial charge in [-0.15, -0.1) is 0 Å². The molecule has 1 aliphatic rings. The Morgan fingerprint density at radius 3 is 2.60 bits per heavy atom. The summed E-state index contributed by atoms with van der Waals surface area (Å²) in [5.74, 6) is -0.227. The molecular formula is C9H17NO5. The Morgan fingerprint density at radius 2 is 2.13 bits per heavy atom. The number of hydrogen-bond donors (Lipinski definition) is 2. The number of likely N-dealkylation sites (N-methyl/N-ethyl adjacent to an activating group) is 1. The summed E-state index contributed by atoms with van der Waals surface area (Å²) in [6.07, 6.45) is -2.76. The van der Waals surface area contributed by atoms with Gasteiger partial charge in [-0.25, -0.2) is 0 Å². The third kappa shape index (κ3) is 2.46. The van der Waals surface area contributed by atoms with Gasteiger partial charge >= 0.3 is 0 Å². The van der Waals surface area contributed by atoms with E-state index in [0.29, 0.717) is 0 Å². The number of hydrogen-bond acceptors (Lipinski definition) is 5. The van der Waals surface area contributed by atoms with Crippen molar-refractivity contribution in [2.24, 2.45) is 0 Å². The third-order valence-electron chi connectivity index (χ3n) is 2.63. The zero-order chi connectivity index (χ0) is 11.6. The van der Waals surface area contributed by atoms with Gasteiger partial charge in [-0.1, -0.05) is 0 Å². The molecular weight excluding hydrogens is 202 g/mol. The predicted octanol–water partition coefficient (Wildman–Crippen LogP) is -1.44. The molecule has 0 bridgehead atoms. The Morgan fingerprint density at radius 1 is 1.53 bits per heavy atom. The monoisotopic (exact) mass is 219 g/mol. The molecule has 0 radical (unpaired) electrons. The smallest absolute Gasteiger partial charge is 0.219 e. The Labute approximate surface area is 88.4 Å². The van der Waals surface area contributed by atoms with Gasteiger partial charge in [0.1, 0.15) is 12.2 Å². The number of carbonyl (C=O) groups excluding carboxylic acids is 1. The molecule has 0 aromatic carbocycles. The summed E-state index contributed by atoms with van der Waals surface area (Å²) in [4.78, 5) is 12.4. The highest BCUT2D eigenvalue weighted by Crippen LogP contribution is 2.20. The van der Waals surface area contributed by atoms with Crippen molar-refractivity contribution in [1.82, 2.24) is 4.90 Å². The lowest BCUT2D eigenvalue weighted by atomic mass is 10.0. The van der Waals surface area contributed by atoms with E-state index in [-0.39, 0.29) is 12.5 Å². The van der Waals surface area contributed by atoms with E-state index in [0.717, 1.165) is 0 Å². The van der Waals surface area contributed by atoms with E-state index >= 15 is 0 Å². The maximum Gasteiger partial charge on any atom is 0.219 e. The number of amides is 1. The molecule has 1 amide bonds. The number of carbonyl (C=O) groups is 1. The second-order valence-corrected chi connectivity index (χ2v) is 3.62. The minimum Gasteiger partial charge on any atom is -0.388 e. The molecule has 2 N–H and O–H groups in total. The predicted molar refractivity (Wildman–Crippen MR) is 51.0 cm³/mol. The zero-order valence-corrected chi connectivity index (χ0v) is 9.08. The van der Waals surface area contributed by atoms with Gasteiger partial charge in [0, 0.05) is 21.1 Å². The normalized spacial score (nSPS) is 36.3. The fraction of sp³-hybridized carbons (Fsp3) is 0.889. The average Bonchev–Trinajstić information content (AvgIpc) is 2.17. The van der Waals surface area contributed by atoms with Crippen molar-refractivity contribution in [1.29, 1.82) is 0 Å². The summed E-state index contributed by atoms with van der Waals surface area (Å²) in [5.41, 5.74) is 0. The SMILES string of the molecule is COC1OCC(O)C(N(C)C(C)=O)C1O. The molecule has 0 spiro atoms. The van der Waals surface area contributed by atoms with Crippen LogP contribution in [0.4, 0.5) is 0 Å². The third-order valence-corrected chi connectivity index (χ3v) is 2.63. The lowest BCUT2D eigenvalue weighted by Gasteiger charge is -2.41. The average molecular weight is 219 g/mol. The van der Waals surface area contributed by atoms with E-state index in [9.17, 15) is 15.0 Å². The number of nitrogens with zero attached hydrogens (tertiary/aromatic N) is 1. The minimum absolute atomic E-state index is 0.0395. The topological polar surface area (TPSA) is 79.2 Å². The Hall–Kier alpha value is -0.690. The molecule has 1 aliphatic heterocycles. The minimum atomic E-state index is -1.05. The quantitative estimate of drug-likeness (QED) is 0.594. The van der Waals surface area contributed by atoms with Crippen LogP contribution < -0.4 is 0 Å². The Kier molecular flexibility index (Phi) is 4.04. The van der Waals surface area contributed by atoms with Crippen molar-refractivity contribution in [2.75, 3.05) is 20.8 Å². The highest BCUT2D eigenvalue weighted by Gasteiger charge is 2.41. The van der Waals surface area contributed by atoms with Crippen LogP contribution in [-0.4, -0.2) is 66.3 Å². The summed E-state index contributed by atoms with van der Waals surface area (Å²) >= 11 is 0. The van der Waals surface area contributed by atoms with Crippen molar-refractivity contribution >= 4 is 5.91 Å². The molecule has 1 rings (SSSR count). The molecule has 88 valence electrons. The van der Waals surface area contributed by atoms with Gasteiger partial charge in [0.05, 0.1) is 12.6 Å². The van der Waals surface area contributed by atoms with Crippen LogP contribution in [0.2, 0.25) is 0 Å². The van der Waals surface area contributed by atoms with Crippen LogP contribution in [0.3, 0.4) is 0 Å². The summed E-state index contributed by atoms with van der Waals surface area (Å²) in [5, 5.41) is 19.5. The molecule has 15 heavy (non-hydrogen) atoms. The van der Waals surface area contributed by atoms with Crippen molar-refractivity contribution in [2.45, 2.75) is 31.5 Å². The Balaban J connectivity index is 2.77. The first-order valence-electron chi connectivity index (χ1n) is 4.73. The maximum atomic E-state index is 11.2. The van der Waals surface area contributed by atoms with Crippen molar-refractivity contribution < 1.29 is 24.5 Å². The van der Waals surface area contributed by atoms with E-state index in [1.54, 1.807) is 0 Å². The van der Waals surface area contributed by atoms with Crippen LogP contribution in [0, 0.1) is 0 Å². The second kappa shape index (κ2) is 4.89. The summed E-state index contributed by atoms with van der Waals surface area (Å²) in [6, 6.07) is -0.693. The number of rotatable bonds is 2. The molecule has 4 unspecified atom stereocenters. The van der Waals surface area contributed by atoms with Crippen LogP contribution in [0.1, 0.15) is 6.92 Å². The fourth-order valence-corrected chi connectivity index (χ4v) is 1.68. The standard InChI is InChI=1S/C9H17NO5/c1-5(11)10(2)7-6(12)4-15-9(14-3)8(7)13/h6-9,12-13H,4H2,1-3H3. The van der Waals surface area contributed by atoms with Crippen molar-refractivity contribution in [3.8, 4) is 0 Å². The van der Waals surface area contributed by atoms with Gasteiger partial charge in [-0.05, 0) is 0 Å². The second-order valence-electron chi connectivity index (χ2n) is 3.62. The van der Waals surface area contributed by atoms with E-state index < -0.39 is 24.5 Å². The number of aliphatic hydroxyl groups is 2. The van der Waals surface area contributed by atoms with Gasteiger partial charge in [-0.2, -0.15) is 0 Å². The number of aliphatic hydroxyl groups excluding tert-OH is 2. The molecule has 1 fully saturated rings. The first kappa shape index (κ1) is 12.4. The lowest BCUT2D eigenvalue weighted by Crippen LogP contribution is -2.60. The van der Waals surface area contributed by atoms with Crippen LogP contribution in [0.5, 0.6) is 0 Å². The first-order chi connectivity index (χ1) is 6.99. The molecule has 4 atom stereocenters. The molecule has 1 heterocycles. The number of ether oxygens (including phenoxy) is 2. The summed E-state index contributed by atoms with van der Waals surface area (Å²) in [6.45, 7) is 1.41. The van der Waals surface area contributed by atoms with Crippen LogP contribution in [0.25, 0.3) is 0 Å². The van der Waals surface area contributed by atoms with Crippen LogP contribution >= 0.6 is 0 Å². The molecule has 0 saturated carbocycles. The van der Waals surface area contributed by atoms with Gasteiger partial charge in [-0.3, -0.25) is 4.79 Å². The number of methoxy groups -OCH3 is 1. The largest absolute Gasteiger partial charge is 0.388 e. The van der Waals surface area contributed by atoms with E-state index in [1.807, 2.05) is 0 Å². The summed E-state index contributed by atoms with van der Waals surface area (Å²) < 4.78 is 9.94.